The summed E-state index contributed by atoms with van der Waals surface area (Å²) in [5.74, 6) is -5.03. The van der Waals surface area contributed by atoms with E-state index in [1.54, 1.807) is 19.1 Å². The van der Waals surface area contributed by atoms with E-state index in [-0.39, 0.29) is 0 Å². The SMILES string of the molecule is Cc1ccc(NC(=O)COCC(F)(F)C(F)F)c(N)c1. The number of rotatable bonds is 6. The monoisotopic (exact) mass is 294 g/mol. The molecule has 1 rings (SSSR count). The van der Waals surface area contributed by atoms with Gasteiger partial charge in [-0.3, -0.25) is 4.79 Å². The molecule has 0 aliphatic carbocycles. The molecule has 0 heterocycles. The van der Waals surface area contributed by atoms with Crippen LogP contribution >= 0.6 is 0 Å². The third kappa shape index (κ3) is 4.69. The molecule has 1 aromatic carbocycles. The van der Waals surface area contributed by atoms with E-state index in [1.165, 1.54) is 6.07 Å². The van der Waals surface area contributed by atoms with Crippen LogP contribution in [0.4, 0.5) is 28.9 Å². The Morgan fingerprint density at radius 3 is 2.65 bits per heavy atom. The van der Waals surface area contributed by atoms with Crippen LogP contribution in [0.15, 0.2) is 18.2 Å². The van der Waals surface area contributed by atoms with Gasteiger partial charge in [0.15, 0.2) is 0 Å². The van der Waals surface area contributed by atoms with E-state index in [1.807, 2.05) is 0 Å². The largest absolute Gasteiger partial charge is 0.397 e. The van der Waals surface area contributed by atoms with Crippen molar-refractivity contribution < 1.29 is 27.1 Å². The van der Waals surface area contributed by atoms with E-state index in [0.717, 1.165) is 5.56 Å². The minimum Gasteiger partial charge on any atom is -0.397 e. The first kappa shape index (κ1) is 16.2. The van der Waals surface area contributed by atoms with Crippen LogP contribution in [0.25, 0.3) is 0 Å². The maximum atomic E-state index is 12.5. The van der Waals surface area contributed by atoms with E-state index in [9.17, 15) is 22.4 Å². The van der Waals surface area contributed by atoms with E-state index in [2.05, 4.69) is 10.1 Å². The summed E-state index contributed by atoms with van der Waals surface area (Å²) in [5, 5.41) is 2.33. The topological polar surface area (TPSA) is 64.3 Å². The van der Waals surface area contributed by atoms with Crippen molar-refractivity contribution >= 4 is 17.3 Å². The van der Waals surface area contributed by atoms with Crippen molar-refractivity contribution in [2.24, 2.45) is 0 Å². The lowest BCUT2D eigenvalue weighted by Crippen LogP contribution is -2.34. The summed E-state index contributed by atoms with van der Waals surface area (Å²) in [4.78, 5) is 11.4. The van der Waals surface area contributed by atoms with Crippen LogP contribution in [0, 0.1) is 6.92 Å². The number of carbonyl (C=O) groups is 1. The third-order valence-electron chi connectivity index (χ3n) is 2.33. The number of nitrogens with one attached hydrogen (secondary N) is 1. The highest BCUT2D eigenvalue weighted by molar-refractivity contribution is 5.94. The number of amides is 1. The fourth-order valence-electron chi connectivity index (χ4n) is 1.33. The number of benzene rings is 1. The van der Waals surface area contributed by atoms with Gasteiger partial charge in [0.05, 0.1) is 11.4 Å². The van der Waals surface area contributed by atoms with Gasteiger partial charge >= 0.3 is 12.3 Å². The lowest BCUT2D eigenvalue weighted by molar-refractivity contribution is -0.167. The number of ether oxygens (including phenoxy) is 1. The predicted molar refractivity (Wildman–Crippen MR) is 66.0 cm³/mol. The maximum Gasteiger partial charge on any atom is 0.330 e. The second-order valence-electron chi connectivity index (χ2n) is 4.19. The number of carbonyl (C=O) groups excluding carboxylic acids is 1. The lowest BCUT2D eigenvalue weighted by Gasteiger charge is -2.15. The molecule has 112 valence electrons. The number of hydrogen-bond acceptors (Lipinski definition) is 3. The predicted octanol–water partition coefficient (Wildman–Crippen LogP) is 2.43. The highest BCUT2D eigenvalue weighted by Crippen LogP contribution is 2.23. The molecule has 0 saturated heterocycles. The average Bonchev–Trinajstić information content (AvgIpc) is 2.32. The number of nitrogens with two attached hydrogens (primary N) is 1. The van der Waals surface area contributed by atoms with E-state index in [0.29, 0.717) is 11.4 Å². The zero-order valence-electron chi connectivity index (χ0n) is 10.6. The summed E-state index contributed by atoms with van der Waals surface area (Å²) in [6.45, 7) is -0.491. The van der Waals surface area contributed by atoms with Crippen LogP contribution in [0.3, 0.4) is 0 Å². The molecule has 4 nitrogen and oxygen atoms in total. The first-order valence-corrected chi connectivity index (χ1v) is 5.62. The van der Waals surface area contributed by atoms with Crippen LogP contribution in [0.5, 0.6) is 0 Å². The van der Waals surface area contributed by atoms with Gasteiger partial charge in [-0.25, -0.2) is 8.78 Å². The van der Waals surface area contributed by atoms with Crippen molar-refractivity contribution in [1.82, 2.24) is 0 Å². The Morgan fingerprint density at radius 2 is 2.10 bits per heavy atom. The van der Waals surface area contributed by atoms with Gasteiger partial charge in [-0.1, -0.05) is 6.07 Å². The van der Waals surface area contributed by atoms with Gasteiger partial charge in [-0.15, -0.1) is 0 Å². The van der Waals surface area contributed by atoms with Crippen LogP contribution < -0.4 is 11.1 Å². The Kier molecular flexibility index (Phi) is 5.32. The molecule has 0 saturated carbocycles. The second-order valence-corrected chi connectivity index (χ2v) is 4.19. The number of alkyl halides is 4. The zero-order valence-corrected chi connectivity index (χ0v) is 10.6. The highest BCUT2D eigenvalue weighted by atomic mass is 19.3. The minimum absolute atomic E-state index is 0.296. The number of nitrogen functional groups attached to an aromatic ring is 1. The summed E-state index contributed by atoms with van der Waals surface area (Å²) in [5.41, 5.74) is 7.11. The lowest BCUT2D eigenvalue weighted by atomic mass is 10.2. The molecule has 0 bridgehead atoms. The average molecular weight is 294 g/mol. The third-order valence-corrected chi connectivity index (χ3v) is 2.33. The van der Waals surface area contributed by atoms with Gasteiger partial charge in [-0.05, 0) is 24.6 Å². The first-order valence-electron chi connectivity index (χ1n) is 5.62. The minimum atomic E-state index is -4.27. The highest BCUT2D eigenvalue weighted by Gasteiger charge is 2.41. The number of anilines is 2. The van der Waals surface area contributed by atoms with E-state index in [4.69, 9.17) is 5.73 Å². The Bertz CT molecular complexity index is 481. The quantitative estimate of drug-likeness (QED) is 0.625. The van der Waals surface area contributed by atoms with Crippen LogP contribution in [0.1, 0.15) is 5.56 Å². The molecule has 0 aliphatic rings. The van der Waals surface area contributed by atoms with Crippen LogP contribution in [0.2, 0.25) is 0 Å². The summed E-state index contributed by atoms with van der Waals surface area (Å²) < 4.78 is 52.9. The van der Waals surface area contributed by atoms with Gasteiger partial charge < -0.3 is 15.8 Å². The molecule has 1 aromatic rings. The van der Waals surface area contributed by atoms with Gasteiger partial charge in [0.25, 0.3) is 0 Å². The first-order chi connectivity index (χ1) is 9.22. The van der Waals surface area contributed by atoms with Crippen molar-refractivity contribution in [1.29, 1.82) is 0 Å². The molecular weight excluding hydrogens is 280 g/mol. The molecule has 0 atom stereocenters. The Hall–Kier alpha value is -1.83. The molecule has 3 N–H and O–H groups in total. The van der Waals surface area contributed by atoms with E-state index < -0.39 is 31.5 Å². The van der Waals surface area contributed by atoms with Gasteiger partial charge in [0.2, 0.25) is 5.91 Å². The maximum absolute atomic E-state index is 12.5. The van der Waals surface area contributed by atoms with E-state index >= 15 is 0 Å². The van der Waals surface area contributed by atoms with Gasteiger partial charge in [0.1, 0.15) is 13.2 Å². The normalized spacial score (nSPS) is 11.7. The molecule has 0 aliphatic heterocycles. The van der Waals surface area contributed by atoms with Crippen molar-refractivity contribution in [2.75, 3.05) is 24.3 Å². The van der Waals surface area contributed by atoms with Crippen molar-refractivity contribution in [2.45, 2.75) is 19.3 Å². The summed E-state index contributed by atoms with van der Waals surface area (Å²) in [7, 11) is 0. The molecule has 8 heteroatoms. The summed E-state index contributed by atoms with van der Waals surface area (Å²) >= 11 is 0. The molecular formula is C12H14F4N2O2. The van der Waals surface area contributed by atoms with Crippen LogP contribution in [-0.2, 0) is 9.53 Å². The van der Waals surface area contributed by atoms with Crippen molar-refractivity contribution in [3.8, 4) is 0 Å². The fourth-order valence-corrected chi connectivity index (χ4v) is 1.33. The molecule has 0 aromatic heterocycles. The smallest absolute Gasteiger partial charge is 0.330 e. The Balaban J connectivity index is 2.45. The van der Waals surface area contributed by atoms with Gasteiger partial charge in [0, 0.05) is 0 Å². The number of aryl methyl sites for hydroxylation is 1. The Morgan fingerprint density at radius 1 is 1.45 bits per heavy atom. The standard InChI is InChI=1S/C12H14F4N2O2/c1-7-2-3-9(8(17)4-7)18-10(19)5-20-6-12(15,16)11(13)14/h2-4,11H,5-6,17H2,1H3,(H,18,19). The zero-order chi connectivity index (χ0) is 15.3. The van der Waals surface area contributed by atoms with Crippen LogP contribution in [-0.4, -0.2) is 31.5 Å². The summed E-state index contributed by atoms with van der Waals surface area (Å²) in [6, 6.07) is 4.84. The molecule has 0 unspecified atom stereocenters. The molecule has 1 amide bonds. The van der Waals surface area contributed by atoms with Crippen molar-refractivity contribution in [3.05, 3.63) is 23.8 Å². The molecule has 0 spiro atoms. The van der Waals surface area contributed by atoms with Crippen molar-refractivity contribution in [3.63, 3.8) is 0 Å². The number of halogens is 4. The molecule has 20 heavy (non-hydrogen) atoms. The fraction of sp³-hybridized carbons (Fsp3) is 0.417. The summed E-state index contributed by atoms with van der Waals surface area (Å²) in [6.07, 6.45) is -3.83. The number of hydrogen-bond donors (Lipinski definition) is 2. The second kappa shape index (κ2) is 6.56. The van der Waals surface area contributed by atoms with Gasteiger partial charge in [-0.2, -0.15) is 8.78 Å². The molecule has 0 radical (unpaired) electrons. The Labute approximate surface area is 112 Å². The molecule has 0 fully saturated rings.